The summed E-state index contributed by atoms with van der Waals surface area (Å²) in [7, 11) is 0. The molecule has 0 saturated carbocycles. The molecule has 0 saturated heterocycles. The topological polar surface area (TPSA) is 66.4 Å². The van der Waals surface area contributed by atoms with Crippen LogP contribution in [-0.2, 0) is 0 Å². The maximum absolute atomic E-state index is 12.2. The van der Waals surface area contributed by atoms with Gasteiger partial charge in [0.15, 0.2) is 0 Å². The Morgan fingerprint density at radius 2 is 1.90 bits per heavy atom. The molecule has 0 aromatic heterocycles. The summed E-state index contributed by atoms with van der Waals surface area (Å²) >= 11 is 11.2. The van der Waals surface area contributed by atoms with Gasteiger partial charge in [0.25, 0.3) is 5.91 Å². The molecule has 108 valence electrons. The summed E-state index contributed by atoms with van der Waals surface area (Å²) in [6.07, 6.45) is 0. The predicted molar refractivity (Wildman–Crippen MR) is 93.2 cm³/mol. The quantitative estimate of drug-likeness (QED) is 0.629. The van der Waals surface area contributed by atoms with E-state index < -0.39 is 11.9 Å². The Bertz CT molecular complexity index is 716. The Morgan fingerprint density at radius 3 is 2.52 bits per heavy atom. The van der Waals surface area contributed by atoms with Crippen molar-refractivity contribution in [1.82, 2.24) is 0 Å². The summed E-state index contributed by atoms with van der Waals surface area (Å²) in [5.74, 6) is -1.53. The molecule has 1 amide bonds. The van der Waals surface area contributed by atoms with Crippen LogP contribution in [-0.4, -0.2) is 17.0 Å². The molecule has 0 radical (unpaired) electrons. The predicted octanol–water partition coefficient (Wildman–Crippen LogP) is 4.66. The molecule has 0 bridgehead atoms. The van der Waals surface area contributed by atoms with Gasteiger partial charge in [0, 0.05) is 18.6 Å². The number of amides is 1. The molecule has 0 atom stereocenters. The van der Waals surface area contributed by atoms with Gasteiger partial charge in [0.1, 0.15) is 0 Å². The molecule has 0 aliphatic carbocycles. The Labute approximate surface area is 147 Å². The zero-order valence-electron chi connectivity index (χ0n) is 10.4. The van der Waals surface area contributed by atoms with Crippen LogP contribution in [0.4, 0.5) is 5.69 Å². The van der Waals surface area contributed by atoms with Gasteiger partial charge in [-0.15, -0.1) is 0 Å². The van der Waals surface area contributed by atoms with Crippen molar-refractivity contribution in [2.45, 2.75) is 0 Å². The van der Waals surface area contributed by atoms with Crippen LogP contribution < -0.4 is 5.32 Å². The molecular formula is C14H8BrClINO3. The summed E-state index contributed by atoms with van der Waals surface area (Å²) in [5.41, 5.74) is 0.615. The average Bonchev–Trinajstić information content (AvgIpc) is 2.39. The molecule has 0 fully saturated rings. The number of carbonyl (C=O) groups is 2. The van der Waals surface area contributed by atoms with Gasteiger partial charge in [0.05, 0.1) is 11.3 Å². The van der Waals surface area contributed by atoms with E-state index >= 15 is 0 Å². The number of halogens is 3. The molecule has 2 aromatic carbocycles. The first-order valence-electron chi connectivity index (χ1n) is 5.67. The molecule has 21 heavy (non-hydrogen) atoms. The van der Waals surface area contributed by atoms with Crippen molar-refractivity contribution in [2.24, 2.45) is 0 Å². The van der Waals surface area contributed by atoms with E-state index in [-0.39, 0.29) is 11.3 Å². The second-order valence-electron chi connectivity index (χ2n) is 4.11. The number of aromatic carboxylic acids is 1. The summed E-state index contributed by atoms with van der Waals surface area (Å²) in [4.78, 5) is 23.4. The molecule has 0 aliphatic heterocycles. The van der Waals surface area contributed by atoms with E-state index in [4.69, 9.17) is 11.6 Å². The summed E-state index contributed by atoms with van der Waals surface area (Å²) < 4.78 is 1.44. The maximum atomic E-state index is 12.2. The first kappa shape index (κ1) is 16.3. The summed E-state index contributed by atoms with van der Waals surface area (Å²) in [5, 5.41) is 12.2. The zero-order chi connectivity index (χ0) is 15.6. The van der Waals surface area contributed by atoms with E-state index in [1.165, 1.54) is 12.1 Å². The Balaban J connectivity index is 2.33. The Hall–Kier alpha value is -1.12. The highest BCUT2D eigenvalue weighted by Crippen LogP contribution is 2.23. The van der Waals surface area contributed by atoms with E-state index in [1.807, 2.05) is 22.6 Å². The first-order chi connectivity index (χ1) is 9.86. The molecule has 2 aromatic rings. The lowest BCUT2D eigenvalue weighted by Gasteiger charge is -2.09. The molecule has 0 aliphatic rings. The van der Waals surface area contributed by atoms with E-state index in [2.05, 4.69) is 21.2 Å². The van der Waals surface area contributed by atoms with E-state index in [0.29, 0.717) is 15.1 Å². The molecule has 7 heteroatoms. The third-order valence-corrected chi connectivity index (χ3v) is 3.93. The fraction of sp³-hybridized carbons (Fsp3) is 0. The number of benzene rings is 2. The minimum atomic E-state index is -1.10. The van der Waals surface area contributed by atoms with Crippen LogP contribution in [0.1, 0.15) is 20.7 Å². The third-order valence-electron chi connectivity index (χ3n) is 2.58. The number of rotatable bonds is 3. The molecule has 0 unspecified atom stereocenters. The number of carboxylic acid groups (broad SMARTS) is 1. The van der Waals surface area contributed by atoms with Crippen molar-refractivity contribution in [2.75, 3.05) is 5.32 Å². The Kier molecular flexibility index (Phi) is 5.23. The van der Waals surface area contributed by atoms with Crippen LogP contribution in [0.25, 0.3) is 0 Å². The summed E-state index contributed by atoms with van der Waals surface area (Å²) in [6.45, 7) is 0. The highest BCUT2D eigenvalue weighted by atomic mass is 127. The molecule has 2 N–H and O–H groups in total. The molecule has 0 spiro atoms. The second-order valence-corrected chi connectivity index (χ2v) is 6.71. The van der Waals surface area contributed by atoms with Gasteiger partial charge >= 0.3 is 5.97 Å². The van der Waals surface area contributed by atoms with Crippen LogP contribution in [0.2, 0.25) is 5.02 Å². The van der Waals surface area contributed by atoms with E-state index in [9.17, 15) is 14.7 Å². The van der Waals surface area contributed by atoms with Gasteiger partial charge in [-0.2, -0.15) is 0 Å². The number of carboxylic acids is 1. The van der Waals surface area contributed by atoms with Crippen molar-refractivity contribution in [3.05, 3.63) is 60.6 Å². The number of anilines is 1. The minimum absolute atomic E-state index is 0.0383. The highest BCUT2D eigenvalue weighted by molar-refractivity contribution is 14.1. The first-order valence-corrected chi connectivity index (χ1v) is 7.92. The van der Waals surface area contributed by atoms with Gasteiger partial charge in [-0.3, -0.25) is 4.79 Å². The van der Waals surface area contributed by atoms with E-state index in [0.717, 1.165) is 3.57 Å². The average molecular weight is 480 g/mol. The number of carbonyl (C=O) groups excluding carboxylic acids is 1. The van der Waals surface area contributed by atoms with Crippen LogP contribution in [0, 0.1) is 3.57 Å². The summed E-state index contributed by atoms with van der Waals surface area (Å²) in [6, 6.07) is 9.54. The van der Waals surface area contributed by atoms with Crippen molar-refractivity contribution in [3.63, 3.8) is 0 Å². The monoisotopic (exact) mass is 479 g/mol. The standard InChI is InChI=1S/C14H8BrClINO3/c15-8-3-7(4-9(16)5-8)13(19)18-12-2-1-10(17)6-11(12)14(20)21/h1-6H,(H,18,19)(H,20,21). The van der Waals surface area contributed by atoms with Crippen LogP contribution in [0.15, 0.2) is 40.9 Å². The van der Waals surface area contributed by atoms with Crippen LogP contribution in [0.5, 0.6) is 0 Å². The van der Waals surface area contributed by atoms with Gasteiger partial charge in [-0.05, 0) is 59.0 Å². The van der Waals surface area contributed by atoms with Gasteiger partial charge < -0.3 is 10.4 Å². The fourth-order valence-corrected chi connectivity index (χ4v) is 3.03. The van der Waals surface area contributed by atoms with Crippen molar-refractivity contribution in [1.29, 1.82) is 0 Å². The molecular weight excluding hydrogens is 472 g/mol. The number of hydrogen-bond donors (Lipinski definition) is 2. The van der Waals surface area contributed by atoms with Gasteiger partial charge in [-0.25, -0.2) is 4.79 Å². The minimum Gasteiger partial charge on any atom is -0.478 e. The SMILES string of the molecule is O=C(Nc1ccc(I)cc1C(=O)O)c1cc(Cl)cc(Br)c1. The van der Waals surface area contributed by atoms with Crippen molar-refractivity contribution < 1.29 is 14.7 Å². The lowest BCUT2D eigenvalue weighted by Crippen LogP contribution is -2.15. The lowest BCUT2D eigenvalue weighted by molar-refractivity contribution is 0.0698. The highest BCUT2D eigenvalue weighted by Gasteiger charge is 2.14. The number of nitrogens with one attached hydrogen (secondary N) is 1. The normalized spacial score (nSPS) is 10.2. The largest absolute Gasteiger partial charge is 0.478 e. The smallest absolute Gasteiger partial charge is 0.337 e. The second kappa shape index (κ2) is 6.76. The Morgan fingerprint density at radius 1 is 1.19 bits per heavy atom. The van der Waals surface area contributed by atoms with Crippen LogP contribution >= 0.6 is 50.1 Å². The zero-order valence-corrected chi connectivity index (χ0v) is 14.9. The van der Waals surface area contributed by atoms with Crippen LogP contribution in [0.3, 0.4) is 0 Å². The van der Waals surface area contributed by atoms with Crippen molar-refractivity contribution >= 4 is 67.7 Å². The van der Waals surface area contributed by atoms with Gasteiger partial charge in [0.2, 0.25) is 0 Å². The fourth-order valence-electron chi connectivity index (χ4n) is 1.68. The molecule has 0 heterocycles. The molecule has 4 nitrogen and oxygen atoms in total. The van der Waals surface area contributed by atoms with Crippen molar-refractivity contribution in [3.8, 4) is 0 Å². The van der Waals surface area contributed by atoms with E-state index in [1.54, 1.807) is 24.3 Å². The maximum Gasteiger partial charge on any atom is 0.337 e. The molecule has 2 rings (SSSR count). The third kappa shape index (κ3) is 4.18. The van der Waals surface area contributed by atoms with Gasteiger partial charge in [-0.1, -0.05) is 27.5 Å². The number of hydrogen-bond acceptors (Lipinski definition) is 2. The lowest BCUT2D eigenvalue weighted by atomic mass is 10.1.